The van der Waals surface area contributed by atoms with Gasteiger partial charge in [-0.25, -0.2) is 8.42 Å². The quantitative estimate of drug-likeness (QED) is 0.815. The average molecular weight is 305 g/mol. The lowest BCUT2D eigenvalue weighted by molar-refractivity contribution is -0.138. The van der Waals surface area contributed by atoms with Gasteiger partial charge >= 0.3 is 5.97 Å². The third kappa shape index (κ3) is 4.17. The second-order valence-corrected chi connectivity index (χ2v) is 8.63. The maximum Gasteiger partial charge on any atom is 0.304 e. The maximum absolute atomic E-state index is 11.7. The third-order valence-corrected chi connectivity index (χ3v) is 5.75. The predicted molar refractivity (Wildman–Crippen MR) is 74.5 cm³/mol. The van der Waals surface area contributed by atoms with E-state index < -0.39 is 21.8 Å². The largest absolute Gasteiger partial charge is 0.481 e. The number of carbonyl (C=O) groups is 1. The van der Waals surface area contributed by atoms with Crippen molar-refractivity contribution in [2.24, 2.45) is 0 Å². The number of ether oxygens (including phenoxy) is 1. The van der Waals surface area contributed by atoms with Gasteiger partial charge in [0, 0.05) is 19.1 Å². The molecule has 0 bridgehead atoms. The number of nitrogens with zero attached hydrogens (tertiary/aromatic N) is 1. The van der Waals surface area contributed by atoms with Gasteiger partial charge in [-0.2, -0.15) is 0 Å². The summed E-state index contributed by atoms with van der Waals surface area (Å²) >= 11 is 0. The smallest absolute Gasteiger partial charge is 0.304 e. The van der Waals surface area contributed by atoms with Crippen LogP contribution in [0.1, 0.15) is 33.1 Å². The van der Waals surface area contributed by atoms with Gasteiger partial charge in [-0.05, 0) is 26.7 Å². The number of carboxylic acids is 1. The van der Waals surface area contributed by atoms with Crippen molar-refractivity contribution in [1.29, 1.82) is 0 Å². The molecule has 0 radical (unpaired) electrons. The van der Waals surface area contributed by atoms with Gasteiger partial charge in [0.1, 0.15) is 0 Å². The Labute approximate surface area is 120 Å². The molecule has 1 N–H and O–H groups in total. The first-order valence-electron chi connectivity index (χ1n) is 7.01. The Hall–Kier alpha value is -0.660. The summed E-state index contributed by atoms with van der Waals surface area (Å²) < 4.78 is 29.3. The highest BCUT2D eigenvalue weighted by Gasteiger charge is 2.37. The van der Waals surface area contributed by atoms with Crippen molar-refractivity contribution >= 4 is 15.8 Å². The van der Waals surface area contributed by atoms with Crippen LogP contribution >= 0.6 is 0 Å². The molecule has 2 rings (SSSR count). The number of hydrogen-bond donors (Lipinski definition) is 1. The van der Waals surface area contributed by atoms with Crippen LogP contribution in [0.2, 0.25) is 0 Å². The summed E-state index contributed by atoms with van der Waals surface area (Å²) in [5.41, 5.74) is -0.130. The molecular formula is C13H23NO5S. The first-order chi connectivity index (χ1) is 9.17. The molecule has 116 valence electrons. The van der Waals surface area contributed by atoms with E-state index in [4.69, 9.17) is 9.84 Å². The summed E-state index contributed by atoms with van der Waals surface area (Å²) in [6.07, 6.45) is 1.86. The fraction of sp³-hybridized carbons (Fsp3) is 0.923. The van der Waals surface area contributed by atoms with Crippen LogP contribution in [0.3, 0.4) is 0 Å². The standard InChI is InChI=1S/C13H23NO5S/c1-13(2)4-3-11(19-13)8-14-5-6-20(17,18)9-10(14)7-12(15)16/h10-11H,3-9H2,1-2H3,(H,15,16). The van der Waals surface area contributed by atoms with E-state index in [2.05, 4.69) is 0 Å². The van der Waals surface area contributed by atoms with Gasteiger partial charge in [-0.1, -0.05) is 0 Å². The normalized spacial score (nSPS) is 33.1. The van der Waals surface area contributed by atoms with E-state index in [1.54, 1.807) is 0 Å². The van der Waals surface area contributed by atoms with E-state index >= 15 is 0 Å². The molecule has 0 aromatic heterocycles. The van der Waals surface area contributed by atoms with Gasteiger partial charge in [0.2, 0.25) is 0 Å². The molecule has 2 aliphatic heterocycles. The van der Waals surface area contributed by atoms with Crippen molar-refractivity contribution in [2.75, 3.05) is 24.6 Å². The van der Waals surface area contributed by atoms with Gasteiger partial charge in [0.05, 0.1) is 29.6 Å². The molecular weight excluding hydrogens is 282 g/mol. The molecule has 0 aromatic carbocycles. The minimum atomic E-state index is -3.11. The fourth-order valence-electron chi connectivity index (χ4n) is 3.02. The zero-order chi connectivity index (χ0) is 15.0. The molecule has 2 atom stereocenters. The predicted octanol–water partition coefficient (Wildman–Crippen LogP) is 0.518. The van der Waals surface area contributed by atoms with Crippen LogP contribution in [0, 0.1) is 0 Å². The average Bonchev–Trinajstić information content (AvgIpc) is 2.61. The zero-order valence-electron chi connectivity index (χ0n) is 12.0. The van der Waals surface area contributed by atoms with Crippen molar-refractivity contribution in [3.63, 3.8) is 0 Å². The van der Waals surface area contributed by atoms with Crippen molar-refractivity contribution in [2.45, 2.75) is 50.9 Å². The fourth-order valence-corrected chi connectivity index (χ4v) is 4.61. The minimum Gasteiger partial charge on any atom is -0.481 e. The van der Waals surface area contributed by atoms with E-state index in [1.165, 1.54) is 0 Å². The monoisotopic (exact) mass is 305 g/mol. The van der Waals surface area contributed by atoms with Crippen molar-refractivity contribution in [3.05, 3.63) is 0 Å². The molecule has 0 aliphatic carbocycles. The first kappa shape index (κ1) is 15.7. The molecule has 0 amide bonds. The number of aliphatic carboxylic acids is 1. The molecule has 0 saturated carbocycles. The Bertz CT molecular complexity index is 473. The lowest BCUT2D eigenvalue weighted by atomic mass is 10.1. The Morgan fingerprint density at radius 1 is 1.45 bits per heavy atom. The lowest BCUT2D eigenvalue weighted by Crippen LogP contribution is -2.51. The molecule has 7 heteroatoms. The summed E-state index contributed by atoms with van der Waals surface area (Å²) in [6, 6.07) is -0.432. The van der Waals surface area contributed by atoms with E-state index in [9.17, 15) is 13.2 Å². The van der Waals surface area contributed by atoms with Crippen LogP contribution < -0.4 is 0 Å². The van der Waals surface area contributed by atoms with E-state index in [1.807, 2.05) is 18.7 Å². The summed E-state index contributed by atoms with van der Waals surface area (Å²) in [5.74, 6) is -0.904. The third-order valence-electron chi connectivity index (χ3n) is 4.05. The Morgan fingerprint density at radius 3 is 2.70 bits per heavy atom. The molecule has 2 fully saturated rings. The van der Waals surface area contributed by atoms with Crippen LogP contribution in [0.25, 0.3) is 0 Å². The molecule has 2 heterocycles. The van der Waals surface area contributed by atoms with Crippen LogP contribution in [0.15, 0.2) is 0 Å². The van der Waals surface area contributed by atoms with Crippen LogP contribution in [-0.2, 0) is 19.4 Å². The molecule has 0 aromatic rings. The second-order valence-electron chi connectivity index (χ2n) is 6.40. The molecule has 6 nitrogen and oxygen atoms in total. The second kappa shape index (κ2) is 5.61. The van der Waals surface area contributed by atoms with Crippen molar-refractivity contribution < 1.29 is 23.1 Å². The lowest BCUT2D eigenvalue weighted by Gasteiger charge is -2.36. The number of rotatable bonds is 4. The highest BCUT2D eigenvalue weighted by molar-refractivity contribution is 7.91. The van der Waals surface area contributed by atoms with Gasteiger partial charge < -0.3 is 9.84 Å². The summed E-state index contributed by atoms with van der Waals surface area (Å²) in [5, 5.41) is 8.94. The Morgan fingerprint density at radius 2 is 2.15 bits per heavy atom. The number of sulfone groups is 1. The van der Waals surface area contributed by atoms with Crippen LogP contribution in [0.5, 0.6) is 0 Å². The molecule has 0 spiro atoms. The molecule has 2 aliphatic rings. The van der Waals surface area contributed by atoms with E-state index in [0.717, 1.165) is 12.8 Å². The highest BCUT2D eigenvalue weighted by Crippen LogP contribution is 2.30. The minimum absolute atomic E-state index is 0.0601. The molecule has 2 saturated heterocycles. The van der Waals surface area contributed by atoms with Crippen LogP contribution in [-0.4, -0.2) is 66.7 Å². The van der Waals surface area contributed by atoms with Gasteiger partial charge in [-0.3, -0.25) is 9.69 Å². The summed E-state index contributed by atoms with van der Waals surface area (Å²) in [7, 11) is -3.11. The van der Waals surface area contributed by atoms with Crippen molar-refractivity contribution in [1.82, 2.24) is 4.90 Å². The van der Waals surface area contributed by atoms with Crippen LogP contribution in [0.4, 0.5) is 0 Å². The first-order valence-corrected chi connectivity index (χ1v) is 8.83. The molecule has 2 unspecified atom stereocenters. The maximum atomic E-state index is 11.7. The Kier molecular flexibility index (Phi) is 4.41. The summed E-state index contributed by atoms with van der Waals surface area (Å²) in [6.45, 7) is 5.11. The Balaban J connectivity index is 1.99. The topological polar surface area (TPSA) is 83.9 Å². The highest BCUT2D eigenvalue weighted by atomic mass is 32.2. The molecule has 20 heavy (non-hydrogen) atoms. The van der Waals surface area contributed by atoms with Gasteiger partial charge in [0.15, 0.2) is 9.84 Å². The SMILES string of the molecule is CC1(C)CCC(CN2CCS(=O)(=O)CC2CC(=O)O)O1. The van der Waals surface area contributed by atoms with Crippen molar-refractivity contribution in [3.8, 4) is 0 Å². The van der Waals surface area contributed by atoms with E-state index in [-0.39, 0.29) is 29.6 Å². The zero-order valence-corrected chi connectivity index (χ0v) is 12.9. The number of carboxylic acid groups (broad SMARTS) is 1. The van der Waals surface area contributed by atoms with Gasteiger partial charge in [0.25, 0.3) is 0 Å². The van der Waals surface area contributed by atoms with E-state index in [0.29, 0.717) is 13.1 Å². The number of hydrogen-bond acceptors (Lipinski definition) is 5. The summed E-state index contributed by atoms with van der Waals surface area (Å²) in [4.78, 5) is 12.9. The van der Waals surface area contributed by atoms with Gasteiger partial charge in [-0.15, -0.1) is 0 Å².